The molecule has 1 fully saturated rings. The van der Waals surface area contributed by atoms with Gasteiger partial charge in [0.25, 0.3) is 10.0 Å². The number of aromatic nitrogens is 5. The molecular formula is C30H31F3N8O3S. The summed E-state index contributed by atoms with van der Waals surface area (Å²) in [6.45, 7) is 3.56. The van der Waals surface area contributed by atoms with E-state index >= 15 is 0 Å². The second-order valence-electron chi connectivity index (χ2n) is 11.1. The predicted molar refractivity (Wildman–Crippen MR) is 165 cm³/mol. The van der Waals surface area contributed by atoms with E-state index in [1.54, 1.807) is 31.0 Å². The van der Waals surface area contributed by atoms with Crippen LogP contribution in [0, 0.1) is 5.82 Å². The molecule has 0 spiro atoms. The number of hydrogen-bond donors (Lipinski definition) is 2. The lowest BCUT2D eigenvalue weighted by atomic mass is 10.0. The highest BCUT2D eigenvalue weighted by molar-refractivity contribution is 7.93. The molecule has 11 nitrogen and oxygen atoms in total. The predicted octanol–water partition coefficient (Wildman–Crippen LogP) is 5.20. The van der Waals surface area contributed by atoms with Gasteiger partial charge in [0.05, 0.1) is 28.8 Å². The highest BCUT2D eigenvalue weighted by Gasteiger charge is 2.27. The normalized spacial score (nSPS) is 16.5. The number of aryl methyl sites for hydroxylation is 1. The van der Waals surface area contributed by atoms with E-state index < -0.39 is 27.7 Å². The summed E-state index contributed by atoms with van der Waals surface area (Å²) in [7, 11) is -1.16. The topological polar surface area (TPSA) is 133 Å². The van der Waals surface area contributed by atoms with Gasteiger partial charge < -0.3 is 15.4 Å². The second kappa shape index (κ2) is 11.7. The Morgan fingerprint density at radius 3 is 2.53 bits per heavy atom. The minimum absolute atomic E-state index is 0.0437. The number of benzene rings is 2. The van der Waals surface area contributed by atoms with Gasteiger partial charge in [0.1, 0.15) is 29.2 Å². The largest absolute Gasteiger partial charge is 0.484 e. The summed E-state index contributed by atoms with van der Waals surface area (Å²) in [6.07, 6.45) is 5.73. The number of alkyl halides is 2. The minimum Gasteiger partial charge on any atom is -0.484 e. The number of nitrogens with zero attached hydrogens (tertiary/aromatic N) is 6. The van der Waals surface area contributed by atoms with Crippen molar-refractivity contribution in [3.8, 4) is 28.1 Å². The number of rotatable bonds is 9. The van der Waals surface area contributed by atoms with Crippen LogP contribution in [0.25, 0.3) is 33.3 Å². The smallest absolute Gasteiger partial charge is 0.355 e. The number of anilines is 2. The molecular weight excluding hydrogens is 609 g/mol. The molecule has 1 unspecified atom stereocenters. The summed E-state index contributed by atoms with van der Waals surface area (Å²) in [6, 6.07) is 10.1. The Kier molecular flexibility index (Phi) is 7.91. The van der Waals surface area contributed by atoms with Gasteiger partial charge in [-0.3, -0.25) is 14.1 Å². The quantitative estimate of drug-likeness (QED) is 0.225. The number of nitrogen functional groups attached to an aromatic ring is 1. The van der Waals surface area contributed by atoms with Crippen LogP contribution in [-0.4, -0.2) is 63.8 Å². The van der Waals surface area contributed by atoms with Crippen molar-refractivity contribution in [2.75, 3.05) is 30.6 Å². The molecule has 1 saturated heterocycles. The second-order valence-corrected chi connectivity index (χ2v) is 12.7. The molecule has 4 heterocycles. The summed E-state index contributed by atoms with van der Waals surface area (Å²) < 4.78 is 75.9. The number of hydrogen-bond acceptors (Lipinski definition) is 8. The van der Waals surface area contributed by atoms with Crippen LogP contribution in [-0.2, 0) is 17.1 Å². The maximum Gasteiger partial charge on any atom is 0.355 e. The molecule has 0 bridgehead atoms. The molecule has 0 radical (unpaired) electrons. The van der Waals surface area contributed by atoms with Crippen molar-refractivity contribution < 1.29 is 26.3 Å². The van der Waals surface area contributed by atoms with Gasteiger partial charge in [-0.15, -0.1) is 0 Å². The first-order valence-corrected chi connectivity index (χ1v) is 15.7. The van der Waals surface area contributed by atoms with Crippen molar-refractivity contribution in [2.45, 2.75) is 31.2 Å². The Bertz CT molecular complexity index is 1980. The Morgan fingerprint density at radius 2 is 1.84 bits per heavy atom. The third-order valence-corrected chi connectivity index (χ3v) is 8.90. The van der Waals surface area contributed by atoms with Gasteiger partial charge in [0.15, 0.2) is 0 Å². The van der Waals surface area contributed by atoms with Crippen LogP contribution in [0.5, 0.6) is 5.75 Å². The molecule has 1 aliphatic heterocycles. The van der Waals surface area contributed by atoms with E-state index in [2.05, 4.69) is 22.0 Å². The van der Waals surface area contributed by atoms with Gasteiger partial charge in [-0.05, 0) is 56.8 Å². The van der Waals surface area contributed by atoms with Gasteiger partial charge in [-0.1, -0.05) is 18.2 Å². The molecule has 236 valence electrons. The van der Waals surface area contributed by atoms with Crippen molar-refractivity contribution in [3.05, 3.63) is 72.4 Å². The molecule has 3 aromatic heterocycles. The first-order chi connectivity index (χ1) is 21.4. The molecule has 2 atom stereocenters. The van der Waals surface area contributed by atoms with E-state index in [0.717, 1.165) is 30.6 Å². The Balaban J connectivity index is 1.43. The Hall–Kier alpha value is -4.63. The summed E-state index contributed by atoms with van der Waals surface area (Å²) in [5.74, 6) is -3.93. The van der Waals surface area contributed by atoms with Crippen LogP contribution < -0.4 is 15.2 Å². The van der Waals surface area contributed by atoms with Gasteiger partial charge in [0, 0.05) is 42.7 Å². The van der Waals surface area contributed by atoms with Crippen molar-refractivity contribution in [1.82, 2.24) is 29.4 Å². The molecule has 0 amide bonds. The number of ether oxygens (including phenoxy) is 1. The molecule has 0 saturated carbocycles. The van der Waals surface area contributed by atoms with Crippen LogP contribution in [0.2, 0.25) is 0 Å². The third-order valence-electron chi connectivity index (χ3n) is 7.93. The van der Waals surface area contributed by atoms with E-state index in [4.69, 9.17) is 15.6 Å². The van der Waals surface area contributed by atoms with E-state index in [1.807, 2.05) is 15.6 Å². The standard InChI is InChI=1S/C30H31F3N8O3S/c1-17(18-4-7-21(31)8-5-18)44-25-12-19(6-9-24(25)38-45(42,43)30(32)33)27-26-28(40(3)37-27)23(14-35-29(26)34)20-13-36-41(15-20)22-10-11-39(2)16-22/h4-9,12-15,17,22,30,38H,10-11,16H2,1-3H3,(H2,34,35)/t17-,22?/m0/s1. The fraction of sp³-hybridized carbons (Fsp3) is 0.300. The number of pyridine rings is 1. The molecule has 1 aliphatic rings. The fourth-order valence-electron chi connectivity index (χ4n) is 5.59. The molecule has 2 aromatic carbocycles. The molecule has 5 aromatic rings. The zero-order chi connectivity index (χ0) is 32.0. The molecule has 3 N–H and O–H groups in total. The van der Waals surface area contributed by atoms with Crippen LogP contribution >= 0.6 is 0 Å². The van der Waals surface area contributed by atoms with Gasteiger partial charge in [0.2, 0.25) is 0 Å². The summed E-state index contributed by atoms with van der Waals surface area (Å²) >= 11 is 0. The van der Waals surface area contributed by atoms with Crippen molar-refractivity contribution in [1.29, 1.82) is 0 Å². The number of fused-ring (bicyclic) bond motifs is 1. The average molecular weight is 641 g/mol. The van der Waals surface area contributed by atoms with Crippen molar-refractivity contribution in [2.24, 2.45) is 7.05 Å². The van der Waals surface area contributed by atoms with Crippen molar-refractivity contribution >= 4 is 32.4 Å². The lowest BCUT2D eigenvalue weighted by Crippen LogP contribution is -2.21. The molecule has 0 aliphatic carbocycles. The lowest BCUT2D eigenvalue weighted by molar-refractivity contribution is 0.228. The monoisotopic (exact) mass is 640 g/mol. The first kappa shape index (κ1) is 30.4. The number of sulfonamides is 1. The van der Waals surface area contributed by atoms with Gasteiger partial charge >= 0.3 is 5.76 Å². The zero-order valence-corrected chi connectivity index (χ0v) is 25.5. The summed E-state index contributed by atoms with van der Waals surface area (Å²) in [5.41, 5.74) is 9.97. The number of likely N-dealkylation sites (N-methyl/N-ethyl adjacent to an activating group) is 1. The van der Waals surface area contributed by atoms with E-state index in [1.165, 1.54) is 42.5 Å². The zero-order valence-electron chi connectivity index (χ0n) is 24.7. The fourth-order valence-corrected chi connectivity index (χ4v) is 6.16. The number of halogens is 3. The molecule has 6 rings (SSSR count). The van der Waals surface area contributed by atoms with Crippen molar-refractivity contribution in [3.63, 3.8) is 0 Å². The van der Waals surface area contributed by atoms with Gasteiger partial charge in [-0.25, -0.2) is 17.8 Å². The van der Waals surface area contributed by atoms with Crippen LogP contribution in [0.15, 0.2) is 61.1 Å². The Labute approximate surface area is 257 Å². The third kappa shape index (κ3) is 5.92. The van der Waals surface area contributed by atoms with Crippen LogP contribution in [0.4, 0.5) is 24.7 Å². The lowest BCUT2D eigenvalue weighted by Gasteiger charge is -2.19. The SMILES string of the molecule is C[C@H](Oc1cc(-c2nn(C)c3c(-c4cnn(C5CCN(C)C5)c4)cnc(N)c23)ccc1NS(=O)(=O)C(F)F)c1ccc(F)cc1. The Morgan fingerprint density at radius 1 is 1.09 bits per heavy atom. The molecule has 45 heavy (non-hydrogen) atoms. The van der Waals surface area contributed by atoms with E-state index in [-0.39, 0.29) is 23.3 Å². The minimum atomic E-state index is -5.01. The molecule has 15 heteroatoms. The maximum absolute atomic E-state index is 13.5. The van der Waals surface area contributed by atoms with Gasteiger partial charge in [-0.2, -0.15) is 19.0 Å². The number of nitrogens with one attached hydrogen (secondary N) is 1. The number of likely N-dealkylation sites (tertiary alicyclic amines) is 1. The summed E-state index contributed by atoms with van der Waals surface area (Å²) in [5, 5.41) is 9.88. The maximum atomic E-state index is 13.5. The summed E-state index contributed by atoms with van der Waals surface area (Å²) in [4.78, 5) is 6.70. The first-order valence-electron chi connectivity index (χ1n) is 14.1. The highest BCUT2D eigenvalue weighted by atomic mass is 32.2. The highest BCUT2D eigenvalue weighted by Crippen LogP contribution is 2.40. The average Bonchev–Trinajstić information content (AvgIpc) is 3.74. The van der Waals surface area contributed by atoms with E-state index in [0.29, 0.717) is 27.7 Å². The number of nitrogens with two attached hydrogens (primary N) is 1. The van der Waals surface area contributed by atoms with Crippen LogP contribution in [0.3, 0.4) is 0 Å². The van der Waals surface area contributed by atoms with Crippen LogP contribution in [0.1, 0.15) is 31.1 Å². The van der Waals surface area contributed by atoms with E-state index in [9.17, 15) is 21.6 Å².